The van der Waals surface area contributed by atoms with E-state index in [2.05, 4.69) is 20.4 Å². The molecule has 1 atom stereocenters. The molecule has 0 radical (unpaired) electrons. The number of H-pyrrole nitrogens is 1. The molecule has 1 aliphatic heterocycles. The molecule has 0 saturated carbocycles. The van der Waals surface area contributed by atoms with Crippen LogP contribution in [-0.4, -0.2) is 41.8 Å². The molecule has 1 N–H and O–H groups in total. The molecule has 8 nitrogen and oxygen atoms in total. The molecule has 11 heteroatoms. The zero-order chi connectivity index (χ0) is 24.0. The van der Waals surface area contributed by atoms with Gasteiger partial charge in [0.1, 0.15) is 0 Å². The molecule has 3 aromatic rings. The number of aromatic amines is 1. The number of carbonyl (C=O) groups is 1. The smallest absolute Gasteiger partial charge is 0.327 e. The molecule has 34 heavy (non-hydrogen) atoms. The van der Waals surface area contributed by atoms with Gasteiger partial charge in [0.2, 0.25) is 5.82 Å². The normalized spacial score (nSPS) is 17.9. The van der Waals surface area contributed by atoms with Crippen LogP contribution in [0.25, 0.3) is 0 Å². The lowest BCUT2D eigenvalue weighted by Crippen LogP contribution is -2.45. The molecule has 178 valence electrons. The Balaban J connectivity index is 1.39. The number of carbonyl (C=O) groups excluding carboxylic acids is 1. The second kappa shape index (κ2) is 8.37. The van der Waals surface area contributed by atoms with Crippen molar-refractivity contribution in [3.05, 3.63) is 74.2 Å². The van der Waals surface area contributed by atoms with E-state index in [0.717, 1.165) is 52.6 Å². The number of hydrogen-bond donors (Lipinski definition) is 1. The highest BCUT2D eigenvalue weighted by molar-refractivity contribution is 5.94. The Kier molecular flexibility index (Phi) is 5.49. The number of alkyl halides is 3. The van der Waals surface area contributed by atoms with E-state index in [-0.39, 0.29) is 30.4 Å². The van der Waals surface area contributed by atoms with Gasteiger partial charge in [-0.05, 0) is 55.9 Å². The first-order chi connectivity index (χ1) is 16.2. The first kappa shape index (κ1) is 22.3. The van der Waals surface area contributed by atoms with E-state index in [1.54, 1.807) is 25.1 Å². The van der Waals surface area contributed by atoms with E-state index in [1.165, 1.54) is 4.90 Å². The highest BCUT2D eigenvalue weighted by Crippen LogP contribution is 2.31. The van der Waals surface area contributed by atoms with Gasteiger partial charge in [-0.2, -0.15) is 18.3 Å². The highest BCUT2D eigenvalue weighted by atomic mass is 19.4. The summed E-state index contributed by atoms with van der Waals surface area (Å²) in [5.74, 6) is -1.22. The monoisotopic (exact) mass is 472 g/mol. The van der Waals surface area contributed by atoms with E-state index < -0.39 is 18.0 Å². The zero-order valence-corrected chi connectivity index (χ0v) is 18.5. The van der Waals surface area contributed by atoms with Crippen molar-refractivity contribution in [1.29, 1.82) is 0 Å². The number of fused-ring (bicyclic) bond motifs is 2. The molecule has 0 bridgehead atoms. The van der Waals surface area contributed by atoms with Crippen LogP contribution < -0.4 is 5.56 Å². The Morgan fingerprint density at radius 1 is 1.18 bits per heavy atom. The molecule has 5 rings (SSSR count). The number of amides is 1. The van der Waals surface area contributed by atoms with Crippen molar-refractivity contribution in [1.82, 2.24) is 29.9 Å². The Hall–Kier alpha value is -3.50. The van der Waals surface area contributed by atoms with Gasteiger partial charge in [0.05, 0.1) is 12.2 Å². The molecule has 1 aromatic carbocycles. The molecular weight excluding hydrogens is 449 g/mol. The summed E-state index contributed by atoms with van der Waals surface area (Å²) in [7, 11) is 0. The van der Waals surface area contributed by atoms with Crippen LogP contribution in [-0.2, 0) is 38.5 Å². The van der Waals surface area contributed by atoms with Gasteiger partial charge in [0.15, 0.2) is 5.82 Å². The summed E-state index contributed by atoms with van der Waals surface area (Å²) in [5, 5.41) is 13.8. The lowest BCUT2D eigenvalue weighted by atomic mass is 9.90. The summed E-state index contributed by atoms with van der Waals surface area (Å²) in [6.07, 6.45) is -0.579. The predicted octanol–water partition coefficient (Wildman–Crippen LogP) is 2.89. The Morgan fingerprint density at radius 3 is 2.71 bits per heavy atom. The van der Waals surface area contributed by atoms with Crippen LogP contribution in [0.2, 0.25) is 0 Å². The van der Waals surface area contributed by atoms with Crippen LogP contribution in [0.1, 0.15) is 64.2 Å². The standard InChI is InChI=1S/C23H23F3N6O2/c1-13-11-32-19(28-30-22(32)23(24,25)26)12-31(13)21(34)15-6-4-5-14(9-15)10-18-16-7-2-3-8-17(16)20(33)29-27-18/h4-6,9,13H,2-3,7-8,10-12H2,1H3,(H,29,33)/t13-/m0/s1. The van der Waals surface area contributed by atoms with Gasteiger partial charge in [-0.25, -0.2) is 5.10 Å². The second-order valence-electron chi connectivity index (χ2n) is 8.87. The van der Waals surface area contributed by atoms with E-state index in [9.17, 15) is 22.8 Å². The topological polar surface area (TPSA) is 96.8 Å². The van der Waals surface area contributed by atoms with Crippen molar-refractivity contribution in [2.24, 2.45) is 0 Å². The van der Waals surface area contributed by atoms with Crippen LogP contribution in [0.4, 0.5) is 13.2 Å². The minimum Gasteiger partial charge on any atom is -0.327 e. The third-order valence-corrected chi connectivity index (χ3v) is 6.56. The van der Waals surface area contributed by atoms with Crippen molar-refractivity contribution < 1.29 is 18.0 Å². The van der Waals surface area contributed by atoms with Crippen LogP contribution in [0.5, 0.6) is 0 Å². The summed E-state index contributed by atoms with van der Waals surface area (Å²) in [6.45, 7) is 1.62. The average Bonchev–Trinajstić information content (AvgIpc) is 3.23. The zero-order valence-electron chi connectivity index (χ0n) is 18.5. The maximum atomic E-state index is 13.3. The maximum absolute atomic E-state index is 13.3. The number of nitrogens with one attached hydrogen (secondary N) is 1. The largest absolute Gasteiger partial charge is 0.451 e. The predicted molar refractivity (Wildman–Crippen MR) is 115 cm³/mol. The van der Waals surface area contributed by atoms with E-state index in [1.807, 2.05) is 6.07 Å². The Morgan fingerprint density at radius 2 is 1.94 bits per heavy atom. The maximum Gasteiger partial charge on any atom is 0.451 e. The fourth-order valence-corrected chi connectivity index (χ4v) is 4.84. The van der Waals surface area contributed by atoms with E-state index in [0.29, 0.717) is 12.0 Å². The fourth-order valence-electron chi connectivity index (χ4n) is 4.84. The molecule has 0 unspecified atom stereocenters. The van der Waals surface area contributed by atoms with Crippen LogP contribution in [0, 0.1) is 0 Å². The van der Waals surface area contributed by atoms with Crippen LogP contribution in [0.3, 0.4) is 0 Å². The summed E-state index contributed by atoms with van der Waals surface area (Å²) in [6, 6.07) is 6.67. The van der Waals surface area contributed by atoms with Gasteiger partial charge in [-0.15, -0.1) is 10.2 Å². The molecule has 2 aromatic heterocycles. The quantitative estimate of drug-likeness (QED) is 0.632. The number of halogens is 3. The molecule has 0 spiro atoms. The molecule has 1 amide bonds. The van der Waals surface area contributed by atoms with Crippen molar-refractivity contribution in [3.63, 3.8) is 0 Å². The molecule has 0 fully saturated rings. The first-order valence-corrected chi connectivity index (χ1v) is 11.2. The fraction of sp³-hybridized carbons (Fsp3) is 0.435. The minimum absolute atomic E-state index is 0.0317. The number of benzene rings is 1. The van der Waals surface area contributed by atoms with Gasteiger partial charge in [-0.3, -0.25) is 9.59 Å². The average molecular weight is 472 g/mol. The summed E-state index contributed by atoms with van der Waals surface area (Å²) >= 11 is 0. The first-order valence-electron chi connectivity index (χ1n) is 11.2. The number of rotatable bonds is 3. The Bertz CT molecular complexity index is 1310. The lowest BCUT2D eigenvalue weighted by molar-refractivity contribution is -0.148. The molecule has 1 aliphatic carbocycles. The van der Waals surface area contributed by atoms with E-state index in [4.69, 9.17) is 0 Å². The summed E-state index contributed by atoms with van der Waals surface area (Å²) in [4.78, 5) is 26.9. The lowest BCUT2D eigenvalue weighted by Gasteiger charge is -2.34. The number of aromatic nitrogens is 5. The molecule has 3 heterocycles. The van der Waals surface area contributed by atoms with Gasteiger partial charge < -0.3 is 9.47 Å². The molecular formula is C23H23F3N6O2. The number of hydrogen-bond acceptors (Lipinski definition) is 5. The Labute approximate surface area is 192 Å². The number of nitrogens with zero attached hydrogens (tertiary/aromatic N) is 5. The third-order valence-electron chi connectivity index (χ3n) is 6.56. The SMILES string of the molecule is C[C@H]1Cn2c(nnc2C(F)(F)F)CN1C(=O)c1cccc(Cc2n[nH]c(=O)c3c2CCCC3)c1. The van der Waals surface area contributed by atoms with Crippen LogP contribution >= 0.6 is 0 Å². The van der Waals surface area contributed by atoms with Crippen LogP contribution in [0.15, 0.2) is 29.1 Å². The van der Waals surface area contributed by atoms with Crippen molar-refractivity contribution >= 4 is 5.91 Å². The second-order valence-corrected chi connectivity index (χ2v) is 8.87. The van der Waals surface area contributed by atoms with Gasteiger partial charge in [0.25, 0.3) is 11.5 Å². The van der Waals surface area contributed by atoms with Crippen molar-refractivity contribution in [2.75, 3.05) is 0 Å². The summed E-state index contributed by atoms with van der Waals surface area (Å²) in [5.41, 5.74) is 3.77. The summed E-state index contributed by atoms with van der Waals surface area (Å²) < 4.78 is 40.6. The minimum atomic E-state index is -4.60. The molecule has 0 saturated heterocycles. The van der Waals surface area contributed by atoms with Crippen molar-refractivity contribution in [3.8, 4) is 0 Å². The third kappa shape index (κ3) is 3.99. The van der Waals surface area contributed by atoms with Gasteiger partial charge >= 0.3 is 6.18 Å². The van der Waals surface area contributed by atoms with Gasteiger partial charge in [-0.1, -0.05) is 12.1 Å². The van der Waals surface area contributed by atoms with Gasteiger partial charge in [0, 0.05) is 30.1 Å². The van der Waals surface area contributed by atoms with E-state index >= 15 is 0 Å². The highest BCUT2D eigenvalue weighted by Gasteiger charge is 2.41. The molecule has 2 aliphatic rings. The van der Waals surface area contributed by atoms with Crippen molar-refractivity contribution in [2.45, 2.75) is 64.3 Å².